The number of H-pyrrole nitrogens is 1. The summed E-state index contributed by atoms with van der Waals surface area (Å²) in [5, 5.41) is 0. The van der Waals surface area contributed by atoms with Gasteiger partial charge in [0.1, 0.15) is 5.69 Å². The van der Waals surface area contributed by atoms with Crippen LogP contribution in [0.3, 0.4) is 0 Å². The van der Waals surface area contributed by atoms with Crippen LogP contribution in [0.25, 0.3) is 0 Å². The number of halogens is 2. The van der Waals surface area contributed by atoms with E-state index >= 15 is 0 Å². The number of carbonyl (C=O) groups is 1. The van der Waals surface area contributed by atoms with Gasteiger partial charge in [0.25, 0.3) is 0 Å². The summed E-state index contributed by atoms with van der Waals surface area (Å²) in [7, 11) is 0. The molecule has 1 heterocycles. The molecule has 0 aliphatic rings. The first-order valence-corrected chi connectivity index (χ1v) is 5.52. The van der Waals surface area contributed by atoms with Crippen LogP contribution in [0.2, 0.25) is 0 Å². The van der Waals surface area contributed by atoms with E-state index in [0.29, 0.717) is 12.3 Å². The topological polar surface area (TPSA) is 42.1 Å². The van der Waals surface area contributed by atoms with Gasteiger partial charge in [0.05, 0.1) is 10.3 Å². The largest absolute Gasteiger partial charge is 0.461 e. The van der Waals surface area contributed by atoms with Gasteiger partial charge in [-0.1, -0.05) is 0 Å². The minimum atomic E-state index is -0.293. The molecule has 0 saturated heterocycles. The second-order valence-corrected chi connectivity index (χ2v) is 4.31. The van der Waals surface area contributed by atoms with Crippen LogP contribution >= 0.6 is 45.2 Å². The van der Waals surface area contributed by atoms with Gasteiger partial charge < -0.3 is 9.72 Å². The third-order valence-corrected chi connectivity index (χ3v) is 3.95. The molecule has 12 heavy (non-hydrogen) atoms. The summed E-state index contributed by atoms with van der Waals surface area (Å²) < 4.78 is 6.83. The molecule has 0 unspecified atom stereocenters. The summed E-state index contributed by atoms with van der Waals surface area (Å²) in [4.78, 5) is 14.1. The normalized spacial score (nSPS) is 9.92. The van der Waals surface area contributed by atoms with Gasteiger partial charge in [-0.05, 0) is 58.2 Å². The summed E-state index contributed by atoms with van der Waals surface area (Å²) in [6, 6.07) is 1.78. The molecule has 3 nitrogen and oxygen atoms in total. The highest BCUT2D eigenvalue weighted by Crippen LogP contribution is 2.15. The molecular weight excluding hydrogens is 384 g/mol. The lowest BCUT2D eigenvalue weighted by molar-refractivity contribution is 0.0520. The van der Waals surface area contributed by atoms with Gasteiger partial charge in [0, 0.05) is 3.57 Å². The molecule has 0 fully saturated rings. The first kappa shape index (κ1) is 10.3. The number of rotatable bonds is 2. The van der Waals surface area contributed by atoms with Crippen LogP contribution in [0.5, 0.6) is 0 Å². The van der Waals surface area contributed by atoms with Crippen LogP contribution in [0.15, 0.2) is 6.07 Å². The maximum Gasteiger partial charge on any atom is 0.354 e. The average molecular weight is 391 g/mol. The standard InChI is InChI=1S/C7H7I2NO2/c1-2-12-7(11)5-3-4(8)6(9)10-5/h3,10H,2H2,1H3. The van der Waals surface area contributed by atoms with Gasteiger partial charge in [-0.3, -0.25) is 0 Å². The van der Waals surface area contributed by atoms with Crippen molar-refractivity contribution in [2.45, 2.75) is 6.92 Å². The predicted octanol–water partition coefficient (Wildman–Crippen LogP) is 2.40. The zero-order chi connectivity index (χ0) is 9.14. The second-order valence-electron chi connectivity index (χ2n) is 2.07. The van der Waals surface area contributed by atoms with E-state index in [4.69, 9.17) is 4.74 Å². The zero-order valence-corrected chi connectivity index (χ0v) is 10.7. The zero-order valence-electron chi connectivity index (χ0n) is 6.36. The van der Waals surface area contributed by atoms with Crippen molar-refractivity contribution in [2.75, 3.05) is 6.61 Å². The summed E-state index contributed by atoms with van der Waals surface area (Å²) in [5.41, 5.74) is 0.519. The van der Waals surface area contributed by atoms with E-state index in [1.54, 1.807) is 13.0 Å². The highest BCUT2D eigenvalue weighted by atomic mass is 127. The summed E-state index contributed by atoms with van der Waals surface area (Å²) in [5.74, 6) is -0.293. The van der Waals surface area contributed by atoms with E-state index in [2.05, 4.69) is 50.2 Å². The minimum absolute atomic E-state index is 0.293. The lowest BCUT2D eigenvalue weighted by Gasteiger charge is -1.96. The van der Waals surface area contributed by atoms with Crippen LogP contribution in [-0.4, -0.2) is 17.6 Å². The molecule has 0 aliphatic heterocycles. The van der Waals surface area contributed by atoms with E-state index in [-0.39, 0.29) is 5.97 Å². The Hall–Kier alpha value is 0.210. The van der Waals surface area contributed by atoms with Crippen LogP contribution < -0.4 is 0 Å². The Bertz CT molecular complexity index is 276. The second kappa shape index (κ2) is 4.45. The van der Waals surface area contributed by atoms with Crippen molar-refractivity contribution >= 4 is 51.2 Å². The highest BCUT2D eigenvalue weighted by Gasteiger charge is 2.10. The Morgan fingerprint density at radius 3 is 2.75 bits per heavy atom. The average Bonchev–Trinajstić information content (AvgIpc) is 2.33. The maximum atomic E-state index is 11.2. The van der Waals surface area contributed by atoms with E-state index < -0.39 is 0 Å². The van der Waals surface area contributed by atoms with Crippen LogP contribution in [0.1, 0.15) is 17.4 Å². The van der Waals surface area contributed by atoms with Gasteiger partial charge >= 0.3 is 5.97 Å². The smallest absolute Gasteiger partial charge is 0.354 e. The maximum absolute atomic E-state index is 11.2. The van der Waals surface area contributed by atoms with Crippen molar-refractivity contribution in [3.63, 3.8) is 0 Å². The van der Waals surface area contributed by atoms with E-state index in [1.165, 1.54) is 0 Å². The molecule has 0 bridgehead atoms. The molecular formula is C7H7I2NO2. The molecule has 1 N–H and O–H groups in total. The fourth-order valence-corrected chi connectivity index (χ4v) is 1.62. The summed E-state index contributed by atoms with van der Waals surface area (Å²) >= 11 is 4.30. The van der Waals surface area contributed by atoms with Crippen LogP contribution in [0.4, 0.5) is 0 Å². The summed E-state index contributed by atoms with van der Waals surface area (Å²) in [6.45, 7) is 2.20. The van der Waals surface area contributed by atoms with Crippen molar-refractivity contribution in [1.29, 1.82) is 0 Å². The Morgan fingerprint density at radius 1 is 1.67 bits per heavy atom. The molecule has 0 saturated carbocycles. The van der Waals surface area contributed by atoms with Gasteiger partial charge in [-0.15, -0.1) is 0 Å². The molecule has 66 valence electrons. The molecule has 1 aromatic rings. The fourth-order valence-electron chi connectivity index (χ4n) is 0.723. The van der Waals surface area contributed by atoms with E-state index in [0.717, 1.165) is 7.27 Å². The molecule has 1 aromatic heterocycles. The van der Waals surface area contributed by atoms with E-state index in [1.807, 2.05) is 0 Å². The lowest BCUT2D eigenvalue weighted by atomic mass is 10.4. The van der Waals surface area contributed by atoms with Gasteiger partial charge in [0.2, 0.25) is 0 Å². The van der Waals surface area contributed by atoms with Gasteiger partial charge in [-0.25, -0.2) is 4.79 Å². The number of hydrogen-bond donors (Lipinski definition) is 1. The first-order chi connectivity index (χ1) is 5.65. The van der Waals surface area contributed by atoms with Gasteiger partial charge in [-0.2, -0.15) is 0 Å². The Morgan fingerprint density at radius 2 is 2.33 bits per heavy atom. The Labute approximate surface area is 97.5 Å². The van der Waals surface area contributed by atoms with Crippen molar-refractivity contribution in [3.8, 4) is 0 Å². The first-order valence-electron chi connectivity index (χ1n) is 3.36. The molecule has 1 rings (SSSR count). The molecule has 0 amide bonds. The van der Waals surface area contributed by atoms with Crippen molar-refractivity contribution in [1.82, 2.24) is 4.98 Å². The van der Waals surface area contributed by atoms with Crippen molar-refractivity contribution < 1.29 is 9.53 Å². The molecule has 0 atom stereocenters. The lowest BCUT2D eigenvalue weighted by Crippen LogP contribution is -2.04. The number of aromatic nitrogens is 1. The SMILES string of the molecule is CCOC(=O)c1cc(I)c(I)[nH]1. The van der Waals surface area contributed by atoms with Crippen LogP contribution in [0, 0.1) is 7.27 Å². The summed E-state index contributed by atoms with van der Waals surface area (Å²) in [6.07, 6.45) is 0. The number of esters is 1. The minimum Gasteiger partial charge on any atom is -0.461 e. The fraction of sp³-hybridized carbons (Fsp3) is 0.286. The number of carbonyl (C=O) groups excluding carboxylic acids is 1. The molecule has 5 heteroatoms. The monoisotopic (exact) mass is 391 g/mol. The van der Waals surface area contributed by atoms with Crippen molar-refractivity contribution in [3.05, 3.63) is 19.0 Å². The Kier molecular flexibility index (Phi) is 3.81. The van der Waals surface area contributed by atoms with E-state index in [9.17, 15) is 4.79 Å². The quantitative estimate of drug-likeness (QED) is 0.622. The molecule has 0 spiro atoms. The highest BCUT2D eigenvalue weighted by molar-refractivity contribution is 14.1. The molecule has 0 aliphatic carbocycles. The number of hydrogen-bond acceptors (Lipinski definition) is 2. The third kappa shape index (κ3) is 2.35. The van der Waals surface area contributed by atoms with Crippen molar-refractivity contribution in [2.24, 2.45) is 0 Å². The number of nitrogens with one attached hydrogen (secondary N) is 1. The molecule has 0 aromatic carbocycles. The number of aromatic amines is 1. The predicted molar refractivity (Wildman–Crippen MR) is 62.2 cm³/mol. The van der Waals surface area contributed by atoms with Crippen LogP contribution in [-0.2, 0) is 4.74 Å². The Balaban J connectivity index is 2.82. The third-order valence-electron chi connectivity index (χ3n) is 1.22. The van der Waals surface area contributed by atoms with Gasteiger partial charge in [0.15, 0.2) is 0 Å². The molecule has 0 radical (unpaired) electrons. The number of ether oxygens (including phenoxy) is 1.